The van der Waals surface area contributed by atoms with E-state index in [1.54, 1.807) is 47.6 Å². The van der Waals surface area contributed by atoms with E-state index < -0.39 is 17.7 Å². The first-order valence-corrected chi connectivity index (χ1v) is 9.82. The molecule has 7 nitrogen and oxygen atoms in total. The van der Waals surface area contributed by atoms with Gasteiger partial charge in [-0.15, -0.1) is 0 Å². The number of amides is 1. The normalized spacial score (nSPS) is 22.2. The number of morpholine rings is 1. The second kappa shape index (κ2) is 8.55. The summed E-state index contributed by atoms with van der Waals surface area (Å²) in [7, 11) is 0. The monoisotopic (exact) mass is 394 g/mol. The molecule has 29 heavy (non-hydrogen) atoms. The van der Waals surface area contributed by atoms with Gasteiger partial charge in [0.1, 0.15) is 18.8 Å². The molecule has 0 radical (unpaired) electrons. The number of Topliss-reactive ketones (excluding diaryl/α,β-unsaturated/α-hetero) is 1. The molecule has 2 aliphatic rings. The van der Waals surface area contributed by atoms with Crippen molar-refractivity contribution < 1.29 is 24.3 Å². The summed E-state index contributed by atoms with van der Waals surface area (Å²) in [5.74, 6) is -1.39. The molecule has 2 saturated heterocycles. The average molecular weight is 394 g/mol. The average Bonchev–Trinajstić information content (AvgIpc) is 3.04. The summed E-state index contributed by atoms with van der Waals surface area (Å²) in [5.41, 5.74) is 1.34. The lowest BCUT2D eigenvalue weighted by atomic mass is 9.96. The van der Waals surface area contributed by atoms with Crippen LogP contribution in [0.2, 0.25) is 0 Å². The predicted molar refractivity (Wildman–Crippen MR) is 106 cm³/mol. The van der Waals surface area contributed by atoms with Crippen LogP contribution in [0.15, 0.2) is 60.4 Å². The first-order chi connectivity index (χ1) is 14.2. The number of likely N-dealkylation sites (tertiary alicyclic amines) is 1. The minimum Gasteiger partial charge on any atom is -0.507 e. The third-order valence-corrected chi connectivity index (χ3v) is 5.49. The van der Waals surface area contributed by atoms with E-state index in [1.165, 1.54) is 4.90 Å². The highest BCUT2D eigenvalue weighted by Crippen LogP contribution is 2.38. The Bertz CT molecular complexity index is 908. The van der Waals surface area contributed by atoms with Gasteiger partial charge in [-0.05, 0) is 11.6 Å². The Morgan fingerprint density at radius 3 is 2.59 bits per heavy atom. The zero-order valence-corrected chi connectivity index (χ0v) is 16.1. The van der Waals surface area contributed by atoms with Crippen molar-refractivity contribution in [3.8, 4) is 0 Å². The molecule has 1 aromatic carbocycles. The number of carbonyl (C=O) groups is 2. The first kappa shape index (κ1) is 19.3. The van der Waals surface area contributed by atoms with Crippen molar-refractivity contribution in [1.29, 1.82) is 0 Å². The van der Waals surface area contributed by atoms with Gasteiger partial charge in [-0.25, -0.2) is 0 Å². The number of aromatic nitrogens is 1. The molecule has 150 valence electrons. The highest BCUT2D eigenvalue weighted by atomic mass is 16.5. The van der Waals surface area contributed by atoms with Gasteiger partial charge >= 0.3 is 0 Å². The molecule has 0 spiro atoms. The molecule has 7 heteroatoms. The smallest absolute Gasteiger partial charge is 0.295 e. The number of quaternary nitrogens is 1. The molecule has 0 saturated carbocycles. The van der Waals surface area contributed by atoms with Crippen LogP contribution >= 0.6 is 0 Å². The molecule has 2 aliphatic heterocycles. The van der Waals surface area contributed by atoms with E-state index in [0.717, 1.165) is 19.6 Å². The van der Waals surface area contributed by atoms with Crippen LogP contribution in [0.4, 0.5) is 0 Å². The SMILES string of the molecule is O=C1C(=O)N(CC[NH+]2CCOCC2)C(c2cccnc2)C1=C(O)c1ccccc1. The largest absolute Gasteiger partial charge is 0.507 e. The van der Waals surface area contributed by atoms with Crippen molar-refractivity contribution in [2.75, 3.05) is 39.4 Å². The standard InChI is InChI=1S/C22H23N3O4/c26-20(16-5-2-1-3-6-16)18-19(17-7-4-8-23-15-17)25(22(28)21(18)27)10-9-24-11-13-29-14-12-24/h1-8,15,19,26H,9-14H2/p+1. The number of benzene rings is 1. The molecule has 4 rings (SSSR count). The number of hydrogen-bond donors (Lipinski definition) is 2. The number of carbonyl (C=O) groups excluding carboxylic acids is 2. The Morgan fingerprint density at radius 2 is 1.90 bits per heavy atom. The molecule has 2 aromatic rings. The maximum absolute atomic E-state index is 12.9. The number of nitrogens with one attached hydrogen (secondary N) is 1. The van der Waals surface area contributed by atoms with Crippen LogP contribution < -0.4 is 4.90 Å². The quantitative estimate of drug-likeness (QED) is 0.436. The number of nitrogens with zero attached hydrogens (tertiary/aromatic N) is 2. The summed E-state index contributed by atoms with van der Waals surface area (Å²) in [6.07, 6.45) is 3.29. The third-order valence-electron chi connectivity index (χ3n) is 5.49. The van der Waals surface area contributed by atoms with Crippen LogP contribution in [0.5, 0.6) is 0 Å². The Morgan fingerprint density at radius 1 is 1.14 bits per heavy atom. The summed E-state index contributed by atoms with van der Waals surface area (Å²) in [4.78, 5) is 32.9. The fourth-order valence-electron chi connectivity index (χ4n) is 3.94. The zero-order valence-electron chi connectivity index (χ0n) is 16.1. The van der Waals surface area contributed by atoms with Crippen molar-refractivity contribution in [1.82, 2.24) is 9.88 Å². The fourth-order valence-corrected chi connectivity index (χ4v) is 3.94. The molecule has 0 bridgehead atoms. The van der Waals surface area contributed by atoms with Crippen molar-refractivity contribution in [3.63, 3.8) is 0 Å². The van der Waals surface area contributed by atoms with E-state index in [4.69, 9.17) is 4.74 Å². The van der Waals surface area contributed by atoms with Crippen LogP contribution in [0.1, 0.15) is 17.2 Å². The Labute approximate surface area is 169 Å². The van der Waals surface area contributed by atoms with Gasteiger partial charge in [-0.1, -0.05) is 36.4 Å². The summed E-state index contributed by atoms with van der Waals surface area (Å²) in [6.45, 7) is 4.31. The van der Waals surface area contributed by atoms with Gasteiger partial charge < -0.3 is 19.6 Å². The third kappa shape index (κ3) is 3.92. The molecule has 3 heterocycles. The minimum absolute atomic E-state index is 0.117. The number of rotatable bonds is 5. The number of aliphatic hydroxyl groups excluding tert-OH is 1. The predicted octanol–water partition coefficient (Wildman–Crippen LogP) is 0.418. The first-order valence-electron chi connectivity index (χ1n) is 9.82. The Hall–Kier alpha value is -3.03. The molecule has 1 unspecified atom stereocenters. The second-order valence-electron chi connectivity index (χ2n) is 7.26. The molecular formula is C22H24N3O4+. The Kier molecular flexibility index (Phi) is 5.69. The van der Waals surface area contributed by atoms with E-state index >= 15 is 0 Å². The van der Waals surface area contributed by atoms with E-state index in [2.05, 4.69) is 4.98 Å². The number of aliphatic hydroxyl groups is 1. The van der Waals surface area contributed by atoms with Crippen LogP contribution in [0.25, 0.3) is 5.76 Å². The van der Waals surface area contributed by atoms with Gasteiger partial charge in [0.15, 0.2) is 0 Å². The lowest BCUT2D eigenvalue weighted by molar-refractivity contribution is -0.907. The summed E-state index contributed by atoms with van der Waals surface area (Å²) in [6, 6.07) is 11.8. The topological polar surface area (TPSA) is 84.2 Å². The van der Waals surface area contributed by atoms with Gasteiger partial charge in [0, 0.05) is 18.0 Å². The second-order valence-corrected chi connectivity index (χ2v) is 7.26. The van der Waals surface area contributed by atoms with Crippen molar-refractivity contribution in [3.05, 3.63) is 71.6 Å². The molecule has 1 aromatic heterocycles. The van der Waals surface area contributed by atoms with Crippen LogP contribution in [0.3, 0.4) is 0 Å². The van der Waals surface area contributed by atoms with Gasteiger partial charge in [0.25, 0.3) is 11.7 Å². The minimum atomic E-state index is -0.655. The van der Waals surface area contributed by atoms with Gasteiger partial charge in [0.05, 0.1) is 37.9 Å². The summed E-state index contributed by atoms with van der Waals surface area (Å²) >= 11 is 0. The van der Waals surface area contributed by atoms with Gasteiger partial charge in [-0.2, -0.15) is 0 Å². The molecule has 1 atom stereocenters. The van der Waals surface area contributed by atoms with Gasteiger partial charge in [0.2, 0.25) is 0 Å². The van der Waals surface area contributed by atoms with Crippen molar-refractivity contribution >= 4 is 17.4 Å². The highest BCUT2D eigenvalue weighted by molar-refractivity contribution is 6.46. The number of ketones is 1. The maximum Gasteiger partial charge on any atom is 0.295 e. The molecule has 0 aliphatic carbocycles. The maximum atomic E-state index is 12.9. The lowest BCUT2D eigenvalue weighted by Crippen LogP contribution is -3.14. The number of ether oxygens (including phenoxy) is 1. The van der Waals surface area contributed by atoms with E-state index in [9.17, 15) is 14.7 Å². The number of hydrogen-bond acceptors (Lipinski definition) is 5. The van der Waals surface area contributed by atoms with E-state index in [0.29, 0.717) is 30.9 Å². The van der Waals surface area contributed by atoms with Crippen LogP contribution in [-0.2, 0) is 14.3 Å². The van der Waals surface area contributed by atoms with E-state index in [-0.39, 0.29) is 11.3 Å². The molecule has 1 amide bonds. The Balaban J connectivity index is 1.70. The van der Waals surface area contributed by atoms with E-state index in [1.807, 2.05) is 12.1 Å². The van der Waals surface area contributed by atoms with Crippen LogP contribution in [0, 0.1) is 0 Å². The molecular weight excluding hydrogens is 370 g/mol. The van der Waals surface area contributed by atoms with Crippen molar-refractivity contribution in [2.45, 2.75) is 6.04 Å². The highest BCUT2D eigenvalue weighted by Gasteiger charge is 2.46. The molecule has 2 N–H and O–H groups in total. The number of pyridine rings is 1. The van der Waals surface area contributed by atoms with Crippen molar-refractivity contribution in [2.24, 2.45) is 0 Å². The zero-order chi connectivity index (χ0) is 20.2. The summed E-state index contributed by atoms with van der Waals surface area (Å²) < 4.78 is 5.39. The fraction of sp³-hybridized carbons (Fsp3) is 0.318. The molecule has 2 fully saturated rings. The van der Waals surface area contributed by atoms with Crippen LogP contribution in [-0.4, -0.2) is 66.1 Å². The van der Waals surface area contributed by atoms with Gasteiger partial charge in [-0.3, -0.25) is 14.6 Å². The summed E-state index contributed by atoms with van der Waals surface area (Å²) in [5, 5.41) is 10.9. The lowest BCUT2D eigenvalue weighted by Gasteiger charge is -2.29.